The minimum absolute atomic E-state index is 0.0302. The lowest BCUT2D eigenvalue weighted by atomic mass is 9.89. The van der Waals surface area contributed by atoms with Gasteiger partial charge in [-0.2, -0.15) is 0 Å². The van der Waals surface area contributed by atoms with Gasteiger partial charge in [-0.15, -0.1) is 0 Å². The molecule has 0 bridgehead atoms. The van der Waals surface area contributed by atoms with Crippen LogP contribution >= 0.6 is 11.6 Å². The molecular formula is C18H19ClFN3O. The number of nitrogens with zero attached hydrogens (tertiary/aromatic N) is 1. The first-order chi connectivity index (χ1) is 11.6. The maximum absolute atomic E-state index is 13.9. The van der Waals surface area contributed by atoms with Crippen molar-refractivity contribution in [2.24, 2.45) is 5.92 Å². The molecule has 3 unspecified atom stereocenters. The second kappa shape index (κ2) is 7.28. The Kier molecular flexibility index (Phi) is 5.11. The van der Waals surface area contributed by atoms with Gasteiger partial charge >= 0.3 is 0 Å². The van der Waals surface area contributed by atoms with Crippen LogP contribution in [-0.2, 0) is 4.79 Å². The van der Waals surface area contributed by atoms with Crippen molar-refractivity contribution in [3.05, 3.63) is 64.7 Å². The highest BCUT2D eigenvalue weighted by molar-refractivity contribution is 6.29. The smallest absolute Gasteiger partial charge is 0.225 e. The van der Waals surface area contributed by atoms with E-state index >= 15 is 0 Å². The van der Waals surface area contributed by atoms with Crippen LogP contribution in [0.1, 0.15) is 30.0 Å². The van der Waals surface area contributed by atoms with Crippen LogP contribution in [0.3, 0.4) is 0 Å². The molecule has 1 aliphatic heterocycles. The molecule has 0 radical (unpaired) electrons. The number of carbonyl (C=O) groups excluding carboxylic acids is 1. The van der Waals surface area contributed by atoms with Crippen molar-refractivity contribution in [3.8, 4) is 0 Å². The number of pyridine rings is 1. The highest BCUT2D eigenvalue weighted by Gasteiger charge is 2.34. The van der Waals surface area contributed by atoms with Crippen LogP contribution < -0.4 is 10.6 Å². The number of rotatable bonds is 4. The molecule has 1 aromatic carbocycles. The van der Waals surface area contributed by atoms with Gasteiger partial charge in [0.15, 0.2) is 0 Å². The SMILES string of the molecule is CC(NC(=O)C1CNCC1c1ccc(Cl)nc1)c1ccccc1F. The van der Waals surface area contributed by atoms with Gasteiger partial charge in [-0.1, -0.05) is 35.9 Å². The quantitative estimate of drug-likeness (QED) is 0.836. The largest absolute Gasteiger partial charge is 0.349 e. The summed E-state index contributed by atoms with van der Waals surface area (Å²) >= 11 is 5.83. The molecule has 0 spiro atoms. The van der Waals surface area contributed by atoms with Crippen LogP contribution in [0.15, 0.2) is 42.6 Å². The van der Waals surface area contributed by atoms with E-state index in [1.54, 1.807) is 37.4 Å². The average Bonchev–Trinajstić information content (AvgIpc) is 3.05. The number of hydrogen-bond acceptors (Lipinski definition) is 3. The molecule has 1 amide bonds. The zero-order valence-electron chi connectivity index (χ0n) is 13.3. The number of halogens is 2. The van der Waals surface area contributed by atoms with Crippen molar-refractivity contribution in [2.45, 2.75) is 18.9 Å². The van der Waals surface area contributed by atoms with Gasteiger partial charge in [0.25, 0.3) is 0 Å². The van der Waals surface area contributed by atoms with Crippen molar-refractivity contribution < 1.29 is 9.18 Å². The number of aromatic nitrogens is 1. The summed E-state index contributed by atoms with van der Waals surface area (Å²) in [4.78, 5) is 16.8. The van der Waals surface area contributed by atoms with E-state index in [2.05, 4.69) is 15.6 Å². The first-order valence-electron chi connectivity index (χ1n) is 7.93. The van der Waals surface area contributed by atoms with Crippen LogP contribution in [0.2, 0.25) is 5.15 Å². The minimum Gasteiger partial charge on any atom is -0.349 e. The van der Waals surface area contributed by atoms with E-state index in [0.29, 0.717) is 23.8 Å². The van der Waals surface area contributed by atoms with E-state index in [4.69, 9.17) is 11.6 Å². The van der Waals surface area contributed by atoms with Crippen molar-refractivity contribution >= 4 is 17.5 Å². The van der Waals surface area contributed by atoms with Gasteiger partial charge in [0, 0.05) is 30.8 Å². The molecule has 24 heavy (non-hydrogen) atoms. The van der Waals surface area contributed by atoms with Crippen molar-refractivity contribution in [2.75, 3.05) is 13.1 Å². The molecule has 3 rings (SSSR count). The molecule has 2 N–H and O–H groups in total. The molecule has 4 nitrogen and oxygen atoms in total. The minimum atomic E-state index is -0.386. The molecule has 2 aromatic rings. The topological polar surface area (TPSA) is 54.0 Å². The van der Waals surface area contributed by atoms with Crippen LogP contribution in [0, 0.1) is 11.7 Å². The predicted molar refractivity (Wildman–Crippen MR) is 91.3 cm³/mol. The fraction of sp³-hybridized carbons (Fsp3) is 0.333. The van der Waals surface area contributed by atoms with E-state index in [1.807, 2.05) is 6.07 Å². The maximum atomic E-state index is 13.9. The molecule has 3 atom stereocenters. The van der Waals surface area contributed by atoms with E-state index in [9.17, 15) is 9.18 Å². The fourth-order valence-electron chi connectivity index (χ4n) is 3.14. The van der Waals surface area contributed by atoms with Gasteiger partial charge in [-0.3, -0.25) is 4.79 Å². The lowest BCUT2D eigenvalue weighted by Gasteiger charge is -2.22. The highest BCUT2D eigenvalue weighted by Crippen LogP contribution is 2.29. The predicted octanol–water partition coefficient (Wildman–Crippen LogP) is 3.05. The molecule has 0 aliphatic carbocycles. The standard InChI is InChI=1S/C18H19ClFN3O/c1-11(13-4-2-3-5-16(13)20)23-18(24)15-10-21-9-14(15)12-6-7-17(19)22-8-12/h2-8,11,14-15,21H,9-10H2,1H3,(H,23,24). The first-order valence-corrected chi connectivity index (χ1v) is 8.31. The third-order valence-electron chi connectivity index (χ3n) is 4.46. The maximum Gasteiger partial charge on any atom is 0.225 e. The normalized spacial score (nSPS) is 21.5. The Bertz CT molecular complexity index is 722. The second-order valence-corrected chi connectivity index (χ2v) is 6.42. The second-order valence-electron chi connectivity index (χ2n) is 6.04. The van der Waals surface area contributed by atoms with Crippen LogP contribution in [0.5, 0.6) is 0 Å². The van der Waals surface area contributed by atoms with Gasteiger partial charge < -0.3 is 10.6 Å². The van der Waals surface area contributed by atoms with E-state index < -0.39 is 0 Å². The van der Waals surface area contributed by atoms with Crippen LogP contribution in [-0.4, -0.2) is 24.0 Å². The molecule has 0 saturated carbocycles. The fourth-order valence-corrected chi connectivity index (χ4v) is 3.25. The summed E-state index contributed by atoms with van der Waals surface area (Å²) in [5.41, 5.74) is 1.46. The third kappa shape index (κ3) is 3.57. The monoisotopic (exact) mass is 347 g/mol. The Balaban J connectivity index is 1.72. The number of nitrogens with one attached hydrogen (secondary N) is 2. The summed E-state index contributed by atoms with van der Waals surface area (Å²) in [7, 11) is 0. The zero-order chi connectivity index (χ0) is 17.1. The first kappa shape index (κ1) is 16.9. The van der Waals surface area contributed by atoms with E-state index in [1.165, 1.54) is 6.07 Å². The molecule has 1 saturated heterocycles. The average molecular weight is 348 g/mol. The number of benzene rings is 1. The highest BCUT2D eigenvalue weighted by atomic mass is 35.5. The Labute approximate surface area is 145 Å². The molecule has 2 heterocycles. The lowest BCUT2D eigenvalue weighted by molar-refractivity contribution is -0.125. The summed E-state index contributed by atoms with van der Waals surface area (Å²) in [6.45, 7) is 3.08. The summed E-state index contributed by atoms with van der Waals surface area (Å²) in [5.74, 6) is -0.589. The van der Waals surface area contributed by atoms with Crippen LogP contribution in [0.25, 0.3) is 0 Å². The van der Waals surface area contributed by atoms with E-state index in [0.717, 1.165) is 5.56 Å². The van der Waals surface area contributed by atoms with Gasteiger partial charge in [0.2, 0.25) is 5.91 Å². The summed E-state index contributed by atoms with van der Waals surface area (Å²) in [6.07, 6.45) is 1.71. The number of hydrogen-bond donors (Lipinski definition) is 2. The molecule has 1 aromatic heterocycles. The zero-order valence-corrected chi connectivity index (χ0v) is 14.1. The Hall–Kier alpha value is -1.98. The Morgan fingerprint density at radius 2 is 2.12 bits per heavy atom. The van der Waals surface area contributed by atoms with Crippen LogP contribution in [0.4, 0.5) is 4.39 Å². The number of carbonyl (C=O) groups is 1. The summed E-state index contributed by atoms with van der Waals surface area (Å²) in [5, 5.41) is 6.60. The summed E-state index contributed by atoms with van der Waals surface area (Å²) in [6, 6.07) is 9.73. The molecular weight excluding hydrogens is 329 g/mol. The molecule has 6 heteroatoms. The van der Waals surface area contributed by atoms with Gasteiger partial charge in [0.1, 0.15) is 11.0 Å². The molecule has 1 fully saturated rings. The Morgan fingerprint density at radius 1 is 1.33 bits per heavy atom. The van der Waals surface area contributed by atoms with Gasteiger partial charge in [0.05, 0.1) is 12.0 Å². The number of amides is 1. The van der Waals surface area contributed by atoms with Gasteiger partial charge in [-0.05, 0) is 24.6 Å². The molecule has 126 valence electrons. The summed E-state index contributed by atoms with van der Waals surface area (Å²) < 4.78 is 13.9. The lowest BCUT2D eigenvalue weighted by Crippen LogP contribution is -2.36. The third-order valence-corrected chi connectivity index (χ3v) is 4.68. The van der Waals surface area contributed by atoms with Crippen molar-refractivity contribution in [1.82, 2.24) is 15.6 Å². The van der Waals surface area contributed by atoms with Crippen molar-refractivity contribution in [1.29, 1.82) is 0 Å². The van der Waals surface area contributed by atoms with Crippen molar-refractivity contribution in [3.63, 3.8) is 0 Å². The molecule has 1 aliphatic rings. The van der Waals surface area contributed by atoms with Gasteiger partial charge in [-0.25, -0.2) is 9.37 Å². The Morgan fingerprint density at radius 3 is 2.83 bits per heavy atom. The van der Waals surface area contributed by atoms with E-state index in [-0.39, 0.29) is 29.6 Å².